The minimum absolute atomic E-state index is 0.224. The van der Waals surface area contributed by atoms with Crippen molar-refractivity contribution in [1.29, 1.82) is 0 Å². The summed E-state index contributed by atoms with van der Waals surface area (Å²) in [6, 6.07) is 18.2. The molecule has 180 valence electrons. The second kappa shape index (κ2) is 8.78. The molecular weight excluding hydrogens is 444 g/mol. The van der Waals surface area contributed by atoms with Gasteiger partial charge in [-0.2, -0.15) is 0 Å². The highest BCUT2D eigenvalue weighted by atomic mass is 16.5. The lowest BCUT2D eigenvalue weighted by Crippen LogP contribution is -2.45. The average Bonchev–Trinajstić information content (AvgIpc) is 2.85. The SMILES string of the molecule is CCOc1ccc(C2(O)COc3c(ccc4c3C=CC(C)(C)O4)C2=O)cc1OCc1ccccc1. The van der Waals surface area contributed by atoms with Crippen molar-refractivity contribution < 1.29 is 28.8 Å². The van der Waals surface area contributed by atoms with E-state index in [1.165, 1.54) is 0 Å². The van der Waals surface area contributed by atoms with Crippen LogP contribution >= 0.6 is 0 Å². The first kappa shape index (κ1) is 23.0. The molecule has 0 saturated heterocycles. The van der Waals surface area contributed by atoms with Crippen LogP contribution in [0.5, 0.6) is 23.0 Å². The summed E-state index contributed by atoms with van der Waals surface area (Å²) >= 11 is 0. The Morgan fingerprint density at radius 3 is 2.57 bits per heavy atom. The van der Waals surface area contributed by atoms with E-state index in [2.05, 4.69) is 0 Å². The van der Waals surface area contributed by atoms with Gasteiger partial charge in [-0.3, -0.25) is 4.79 Å². The number of Topliss-reactive ketones (excluding diaryl/α,β-unsaturated/α-hetero) is 1. The molecule has 0 saturated carbocycles. The molecule has 3 aromatic rings. The molecule has 6 heteroatoms. The third kappa shape index (κ3) is 4.26. The van der Waals surface area contributed by atoms with Gasteiger partial charge in [-0.25, -0.2) is 0 Å². The lowest BCUT2D eigenvalue weighted by molar-refractivity contribution is -0.00545. The van der Waals surface area contributed by atoms with Crippen LogP contribution in [0.25, 0.3) is 6.08 Å². The molecule has 1 atom stereocenters. The topological polar surface area (TPSA) is 74.2 Å². The summed E-state index contributed by atoms with van der Waals surface area (Å²) in [7, 11) is 0. The van der Waals surface area contributed by atoms with E-state index in [-0.39, 0.29) is 6.61 Å². The fourth-order valence-corrected chi connectivity index (χ4v) is 4.33. The highest BCUT2D eigenvalue weighted by molar-refractivity contribution is 6.07. The van der Waals surface area contributed by atoms with Gasteiger partial charge in [0.05, 0.1) is 17.7 Å². The van der Waals surface area contributed by atoms with Gasteiger partial charge in [-0.1, -0.05) is 36.4 Å². The molecular formula is C29H28O6. The van der Waals surface area contributed by atoms with E-state index in [1.807, 2.05) is 63.3 Å². The molecule has 35 heavy (non-hydrogen) atoms. The highest BCUT2D eigenvalue weighted by Gasteiger charge is 2.46. The van der Waals surface area contributed by atoms with Crippen LogP contribution in [-0.2, 0) is 12.2 Å². The molecule has 0 spiro atoms. The van der Waals surface area contributed by atoms with Gasteiger partial charge in [0.25, 0.3) is 0 Å². The van der Waals surface area contributed by atoms with Gasteiger partial charge >= 0.3 is 0 Å². The lowest BCUT2D eigenvalue weighted by Gasteiger charge is -2.35. The molecule has 2 aliphatic rings. The predicted molar refractivity (Wildman–Crippen MR) is 132 cm³/mol. The summed E-state index contributed by atoms with van der Waals surface area (Å²) in [5.41, 5.74) is 0.0783. The lowest BCUT2D eigenvalue weighted by atomic mass is 9.83. The van der Waals surface area contributed by atoms with Crippen molar-refractivity contribution in [3.63, 3.8) is 0 Å². The fraction of sp³-hybridized carbons (Fsp3) is 0.276. The Balaban J connectivity index is 1.48. The third-order valence-electron chi connectivity index (χ3n) is 6.18. The van der Waals surface area contributed by atoms with Crippen LogP contribution in [-0.4, -0.2) is 29.7 Å². The number of aliphatic hydroxyl groups is 1. The summed E-state index contributed by atoms with van der Waals surface area (Å²) in [4.78, 5) is 13.6. The maximum Gasteiger partial charge on any atom is 0.206 e. The van der Waals surface area contributed by atoms with Crippen LogP contribution in [0.3, 0.4) is 0 Å². The Morgan fingerprint density at radius 2 is 1.80 bits per heavy atom. The van der Waals surface area contributed by atoms with Gasteiger partial charge in [-0.05, 0) is 68.3 Å². The largest absolute Gasteiger partial charge is 0.490 e. The number of benzene rings is 3. The van der Waals surface area contributed by atoms with E-state index < -0.39 is 17.0 Å². The van der Waals surface area contributed by atoms with E-state index in [4.69, 9.17) is 18.9 Å². The van der Waals surface area contributed by atoms with Gasteiger partial charge in [0.1, 0.15) is 30.3 Å². The zero-order chi connectivity index (χ0) is 24.6. The van der Waals surface area contributed by atoms with Crippen molar-refractivity contribution in [3.8, 4) is 23.0 Å². The second-order valence-corrected chi connectivity index (χ2v) is 9.24. The standard InChI is InChI=1S/C29H28O6/c1-4-32-24-12-10-20(16-25(24)33-17-19-8-6-5-7-9-19)29(31)18-34-26-21-14-15-28(2,3)35-23(21)13-11-22(26)27(29)30/h5-16,31H,4,17-18H2,1-3H3. The van der Waals surface area contributed by atoms with Crippen LogP contribution in [0.15, 0.2) is 66.7 Å². The summed E-state index contributed by atoms with van der Waals surface area (Å²) < 4.78 is 23.8. The van der Waals surface area contributed by atoms with Gasteiger partial charge in [0.2, 0.25) is 5.78 Å². The Bertz CT molecular complexity index is 1290. The molecule has 2 heterocycles. The van der Waals surface area contributed by atoms with Crippen molar-refractivity contribution in [2.24, 2.45) is 0 Å². The number of carbonyl (C=O) groups is 1. The van der Waals surface area contributed by atoms with E-state index in [0.717, 1.165) is 5.56 Å². The zero-order valence-electron chi connectivity index (χ0n) is 20.0. The van der Waals surface area contributed by atoms with Gasteiger partial charge in [-0.15, -0.1) is 0 Å². The minimum Gasteiger partial charge on any atom is -0.490 e. The number of ketones is 1. The van der Waals surface area contributed by atoms with Gasteiger partial charge < -0.3 is 24.1 Å². The quantitative estimate of drug-likeness (QED) is 0.524. The molecule has 0 bridgehead atoms. The maximum atomic E-state index is 13.6. The van der Waals surface area contributed by atoms with Crippen molar-refractivity contribution in [1.82, 2.24) is 0 Å². The van der Waals surface area contributed by atoms with E-state index in [0.29, 0.717) is 52.9 Å². The van der Waals surface area contributed by atoms with Crippen LogP contribution in [0.4, 0.5) is 0 Å². The van der Waals surface area contributed by atoms with E-state index >= 15 is 0 Å². The highest BCUT2D eigenvalue weighted by Crippen LogP contribution is 2.45. The predicted octanol–water partition coefficient (Wildman–Crippen LogP) is 5.31. The summed E-state index contributed by atoms with van der Waals surface area (Å²) in [5, 5.41) is 11.6. The van der Waals surface area contributed by atoms with Crippen LogP contribution in [0, 0.1) is 0 Å². The number of hydrogen-bond donors (Lipinski definition) is 1. The Morgan fingerprint density at radius 1 is 1.00 bits per heavy atom. The molecule has 2 aliphatic heterocycles. The molecule has 1 unspecified atom stereocenters. The zero-order valence-corrected chi connectivity index (χ0v) is 20.0. The average molecular weight is 473 g/mol. The Kier molecular flexibility index (Phi) is 5.77. The van der Waals surface area contributed by atoms with Gasteiger partial charge in [0, 0.05) is 0 Å². The summed E-state index contributed by atoms with van der Waals surface area (Å²) in [5.74, 6) is 1.63. The van der Waals surface area contributed by atoms with E-state index in [1.54, 1.807) is 30.3 Å². The number of hydrogen-bond acceptors (Lipinski definition) is 6. The Hall–Kier alpha value is -3.77. The normalized spacial score (nSPS) is 19.7. The van der Waals surface area contributed by atoms with Crippen molar-refractivity contribution in [2.75, 3.05) is 13.2 Å². The molecule has 0 aromatic heterocycles. The van der Waals surface area contributed by atoms with Crippen molar-refractivity contribution >= 4 is 11.9 Å². The molecule has 3 aromatic carbocycles. The first-order chi connectivity index (χ1) is 16.8. The second-order valence-electron chi connectivity index (χ2n) is 9.24. The molecule has 0 amide bonds. The first-order valence-corrected chi connectivity index (χ1v) is 11.7. The molecule has 0 fully saturated rings. The molecule has 0 aliphatic carbocycles. The number of fused-ring (bicyclic) bond motifs is 3. The number of rotatable bonds is 6. The summed E-state index contributed by atoms with van der Waals surface area (Å²) in [6.07, 6.45) is 3.83. The first-order valence-electron chi connectivity index (χ1n) is 11.7. The van der Waals surface area contributed by atoms with Crippen LogP contribution in [0.2, 0.25) is 0 Å². The molecule has 1 N–H and O–H groups in total. The van der Waals surface area contributed by atoms with Gasteiger partial charge in [0.15, 0.2) is 17.1 Å². The maximum absolute atomic E-state index is 13.6. The molecule has 6 nitrogen and oxygen atoms in total. The third-order valence-corrected chi connectivity index (χ3v) is 6.18. The number of ether oxygens (including phenoxy) is 4. The number of carbonyl (C=O) groups excluding carboxylic acids is 1. The van der Waals surface area contributed by atoms with E-state index in [9.17, 15) is 9.90 Å². The molecule has 5 rings (SSSR count). The smallest absolute Gasteiger partial charge is 0.206 e. The van der Waals surface area contributed by atoms with Crippen molar-refractivity contribution in [2.45, 2.75) is 38.6 Å². The van der Waals surface area contributed by atoms with Crippen molar-refractivity contribution in [3.05, 3.63) is 89.0 Å². The van der Waals surface area contributed by atoms with Crippen LogP contribution < -0.4 is 18.9 Å². The van der Waals surface area contributed by atoms with Crippen LogP contribution in [0.1, 0.15) is 47.8 Å². The fourth-order valence-electron chi connectivity index (χ4n) is 4.33. The Labute approximate surface area is 204 Å². The summed E-state index contributed by atoms with van der Waals surface area (Å²) in [6.45, 7) is 6.36. The monoisotopic (exact) mass is 472 g/mol. The minimum atomic E-state index is -1.87. The molecule has 0 radical (unpaired) electrons.